The second-order valence-electron chi connectivity index (χ2n) is 8.13. The molecule has 1 saturated heterocycles. The van der Waals surface area contributed by atoms with Crippen LogP contribution in [0.15, 0.2) is 12.1 Å². The molecule has 0 aromatic heterocycles. The molecule has 0 saturated carbocycles. The first-order valence-electron chi connectivity index (χ1n) is 9.47. The van der Waals surface area contributed by atoms with Crippen LogP contribution >= 0.6 is 0 Å². The zero-order chi connectivity index (χ0) is 20.2. The predicted octanol–water partition coefficient (Wildman–Crippen LogP) is 3.42. The van der Waals surface area contributed by atoms with Crippen molar-refractivity contribution in [1.82, 2.24) is 4.90 Å². The molecule has 1 aliphatic heterocycles. The van der Waals surface area contributed by atoms with Gasteiger partial charge < -0.3 is 24.2 Å². The molecule has 6 heteroatoms. The van der Waals surface area contributed by atoms with E-state index in [1.807, 2.05) is 12.1 Å². The standard InChI is InChI=1S/C21H33NO5/c1-21(2,3)15-7-8-19(24)22(10-9-15)16(13-23)14-11-17(25-4)20(27-6)18(12-14)26-5/h11-12,15-16,23H,7-10,13H2,1-6H3/t15-,16+/m0/s1. The van der Waals surface area contributed by atoms with E-state index >= 15 is 0 Å². The number of methoxy groups -OCH3 is 3. The lowest BCUT2D eigenvalue weighted by molar-refractivity contribution is -0.134. The minimum Gasteiger partial charge on any atom is -0.493 e. The lowest BCUT2D eigenvalue weighted by Crippen LogP contribution is -2.36. The maximum Gasteiger partial charge on any atom is 0.223 e. The fourth-order valence-electron chi connectivity index (χ4n) is 3.88. The zero-order valence-electron chi connectivity index (χ0n) is 17.4. The number of aliphatic hydroxyl groups is 1. The summed E-state index contributed by atoms with van der Waals surface area (Å²) in [5.74, 6) is 2.08. The largest absolute Gasteiger partial charge is 0.493 e. The minimum atomic E-state index is -0.440. The molecule has 0 spiro atoms. The van der Waals surface area contributed by atoms with E-state index in [2.05, 4.69) is 20.8 Å². The van der Waals surface area contributed by atoms with Crippen LogP contribution in [0, 0.1) is 11.3 Å². The number of rotatable bonds is 6. The van der Waals surface area contributed by atoms with Crippen LogP contribution in [-0.4, -0.2) is 50.4 Å². The number of hydrogen-bond donors (Lipinski definition) is 1. The lowest BCUT2D eigenvalue weighted by Gasteiger charge is -2.32. The predicted molar refractivity (Wildman–Crippen MR) is 104 cm³/mol. The summed E-state index contributed by atoms with van der Waals surface area (Å²) in [5.41, 5.74) is 0.937. The lowest BCUT2D eigenvalue weighted by atomic mass is 9.76. The van der Waals surface area contributed by atoms with Crippen LogP contribution in [0.4, 0.5) is 0 Å². The van der Waals surface area contributed by atoms with Crippen molar-refractivity contribution in [2.75, 3.05) is 34.5 Å². The summed E-state index contributed by atoms with van der Waals surface area (Å²) in [7, 11) is 4.66. The number of ether oxygens (including phenoxy) is 3. The number of nitrogens with zero attached hydrogens (tertiary/aromatic N) is 1. The Balaban J connectivity index is 2.36. The first-order valence-corrected chi connectivity index (χ1v) is 9.47. The molecule has 6 nitrogen and oxygen atoms in total. The quantitative estimate of drug-likeness (QED) is 0.820. The van der Waals surface area contributed by atoms with Crippen molar-refractivity contribution in [2.45, 2.75) is 46.1 Å². The minimum absolute atomic E-state index is 0.0783. The third kappa shape index (κ3) is 4.67. The van der Waals surface area contributed by atoms with E-state index < -0.39 is 6.04 Å². The van der Waals surface area contributed by atoms with Gasteiger partial charge in [-0.1, -0.05) is 20.8 Å². The van der Waals surface area contributed by atoms with Gasteiger partial charge in [0, 0.05) is 13.0 Å². The molecule has 1 aromatic rings. The molecule has 1 heterocycles. The van der Waals surface area contributed by atoms with Crippen molar-refractivity contribution in [1.29, 1.82) is 0 Å². The molecule has 1 amide bonds. The van der Waals surface area contributed by atoms with E-state index in [0.29, 0.717) is 36.1 Å². The smallest absolute Gasteiger partial charge is 0.223 e. The third-order valence-corrected chi connectivity index (χ3v) is 5.59. The first-order chi connectivity index (χ1) is 12.8. The molecule has 0 unspecified atom stereocenters. The molecule has 2 atom stereocenters. The number of likely N-dealkylation sites (tertiary alicyclic amines) is 1. The fraction of sp³-hybridized carbons (Fsp3) is 0.667. The van der Waals surface area contributed by atoms with Gasteiger partial charge in [-0.2, -0.15) is 0 Å². The number of benzene rings is 1. The molecule has 2 rings (SSSR count). The molecule has 1 fully saturated rings. The van der Waals surface area contributed by atoms with Crippen molar-refractivity contribution in [3.63, 3.8) is 0 Å². The highest BCUT2D eigenvalue weighted by Crippen LogP contribution is 2.42. The van der Waals surface area contributed by atoms with Crippen LogP contribution in [0.25, 0.3) is 0 Å². The Bertz CT molecular complexity index is 627. The Labute approximate surface area is 162 Å². The van der Waals surface area contributed by atoms with Crippen LogP contribution in [0.1, 0.15) is 51.6 Å². The molecule has 1 N–H and O–H groups in total. The third-order valence-electron chi connectivity index (χ3n) is 5.59. The van der Waals surface area contributed by atoms with Crippen LogP contribution in [0.5, 0.6) is 17.2 Å². The van der Waals surface area contributed by atoms with Crippen molar-refractivity contribution in [3.8, 4) is 17.2 Å². The second-order valence-corrected chi connectivity index (χ2v) is 8.13. The van der Waals surface area contributed by atoms with Gasteiger partial charge in [0.25, 0.3) is 0 Å². The van der Waals surface area contributed by atoms with Gasteiger partial charge in [0.05, 0.1) is 34.0 Å². The Morgan fingerprint density at radius 3 is 2.15 bits per heavy atom. The summed E-state index contributed by atoms with van der Waals surface area (Å²) >= 11 is 0. The molecule has 152 valence electrons. The van der Waals surface area contributed by atoms with E-state index in [1.54, 1.807) is 26.2 Å². The highest BCUT2D eigenvalue weighted by atomic mass is 16.5. The van der Waals surface area contributed by atoms with Crippen molar-refractivity contribution < 1.29 is 24.1 Å². The molecule has 0 bridgehead atoms. The Morgan fingerprint density at radius 1 is 1.11 bits per heavy atom. The molecular formula is C21H33NO5. The Morgan fingerprint density at radius 2 is 1.70 bits per heavy atom. The number of amides is 1. The number of aliphatic hydroxyl groups excluding tert-OH is 1. The fourth-order valence-corrected chi connectivity index (χ4v) is 3.88. The second kappa shape index (κ2) is 8.83. The van der Waals surface area contributed by atoms with Gasteiger partial charge >= 0.3 is 0 Å². The Kier molecular flexibility index (Phi) is 6.98. The van der Waals surface area contributed by atoms with E-state index in [-0.39, 0.29) is 17.9 Å². The van der Waals surface area contributed by atoms with Gasteiger partial charge in [0.1, 0.15) is 0 Å². The maximum absolute atomic E-state index is 12.8. The zero-order valence-corrected chi connectivity index (χ0v) is 17.4. The van der Waals surface area contributed by atoms with Crippen LogP contribution in [-0.2, 0) is 4.79 Å². The van der Waals surface area contributed by atoms with Crippen LogP contribution in [0.2, 0.25) is 0 Å². The molecule has 0 aliphatic carbocycles. The highest BCUT2D eigenvalue weighted by Gasteiger charge is 2.33. The molecule has 1 aliphatic rings. The summed E-state index contributed by atoms with van der Waals surface area (Å²) in [5, 5.41) is 10.1. The Hall–Kier alpha value is -1.95. The molecular weight excluding hydrogens is 346 g/mol. The van der Waals surface area contributed by atoms with Gasteiger partial charge in [-0.25, -0.2) is 0 Å². The average Bonchev–Trinajstić information content (AvgIpc) is 2.83. The summed E-state index contributed by atoms with van der Waals surface area (Å²) < 4.78 is 16.2. The van der Waals surface area contributed by atoms with E-state index in [9.17, 15) is 9.90 Å². The van der Waals surface area contributed by atoms with E-state index in [1.165, 1.54) is 0 Å². The van der Waals surface area contributed by atoms with E-state index in [0.717, 1.165) is 18.4 Å². The number of hydrogen-bond acceptors (Lipinski definition) is 5. The average molecular weight is 379 g/mol. The van der Waals surface area contributed by atoms with Gasteiger partial charge in [-0.3, -0.25) is 4.79 Å². The summed E-state index contributed by atoms with van der Waals surface area (Å²) in [6, 6.07) is 3.17. The van der Waals surface area contributed by atoms with Gasteiger partial charge in [0.15, 0.2) is 11.5 Å². The number of carbonyl (C=O) groups is 1. The van der Waals surface area contributed by atoms with Gasteiger partial charge in [-0.05, 0) is 41.9 Å². The summed E-state index contributed by atoms with van der Waals surface area (Å²) in [6.07, 6.45) is 2.31. The van der Waals surface area contributed by atoms with Crippen molar-refractivity contribution >= 4 is 5.91 Å². The normalized spacial score (nSPS) is 19.4. The number of carbonyl (C=O) groups excluding carboxylic acids is 1. The van der Waals surface area contributed by atoms with Crippen molar-refractivity contribution in [2.24, 2.45) is 11.3 Å². The molecule has 0 radical (unpaired) electrons. The monoisotopic (exact) mass is 379 g/mol. The topological polar surface area (TPSA) is 68.2 Å². The molecule has 27 heavy (non-hydrogen) atoms. The van der Waals surface area contributed by atoms with Gasteiger partial charge in [0.2, 0.25) is 11.7 Å². The van der Waals surface area contributed by atoms with Crippen molar-refractivity contribution in [3.05, 3.63) is 17.7 Å². The van der Waals surface area contributed by atoms with Crippen LogP contribution in [0.3, 0.4) is 0 Å². The van der Waals surface area contributed by atoms with E-state index in [4.69, 9.17) is 14.2 Å². The van der Waals surface area contributed by atoms with Crippen LogP contribution < -0.4 is 14.2 Å². The highest BCUT2D eigenvalue weighted by molar-refractivity contribution is 5.77. The van der Waals surface area contributed by atoms with Gasteiger partial charge in [-0.15, -0.1) is 0 Å². The SMILES string of the molecule is COc1cc([C@@H](CO)N2CC[C@@H](C(C)(C)C)CCC2=O)cc(OC)c1OC. The summed E-state index contributed by atoms with van der Waals surface area (Å²) in [6.45, 7) is 7.13. The first kappa shape index (κ1) is 21.4. The molecule has 1 aromatic carbocycles. The maximum atomic E-state index is 12.8. The summed E-state index contributed by atoms with van der Waals surface area (Å²) in [4.78, 5) is 14.6.